The van der Waals surface area contributed by atoms with Gasteiger partial charge >= 0.3 is 5.97 Å². The summed E-state index contributed by atoms with van der Waals surface area (Å²) in [6.45, 7) is 0.337. The number of hydrogen-bond donors (Lipinski definition) is 2. The number of carbonyl (C=O) groups excluding carboxylic acids is 2. The molecule has 1 atom stereocenters. The molecule has 0 bridgehead atoms. The van der Waals surface area contributed by atoms with Crippen molar-refractivity contribution in [3.63, 3.8) is 0 Å². The van der Waals surface area contributed by atoms with E-state index in [0.717, 1.165) is 33.8 Å². The molecule has 1 saturated heterocycles. The Balaban J connectivity index is 1.35. The summed E-state index contributed by atoms with van der Waals surface area (Å²) in [7, 11) is 0. The van der Waals surface area contributed by atoms with Crippen molar-refractivity contribution in [2.75, 3.05) is 6.61 Å². The number of rotatable bonds is 5. The van der Waals surface area contributed by atoms with Gasteiger partial charge in [-0.25, -0.2) is 0 Å². The van der Waals surface area contributed by atoms with Crippen LogP contribution in [0, 0.1) is 0 Å². The zero-order valence-corrected chi connectivity index (χ0v) is 17.7. The third-order valence-electron chi connectivity index (χ3n) is 5.54. The maximum atomic E-state index is 12.6. The molecule has 4 heterocycles. The number of esters is 1. The lowest BCUT2D eigenvalue weighted by atomic mass is 10.0. The summed E-state index contributed by atoms with van der Waals surface area (Å²) in [6, 6.07) is 16.7. The highest BCUT2D eigenvalue weighted by atomic mass is 16.5. The first-order chi connectivity index (χ1) is 16.2. The average Bonchev–Trinajstić information content (AvgIpc) is 3.35. The van der Waals surface area contributed by atoms with Crippen LogP contribution in [0.15, 0.2) is 73.2 Å². The highest BCUT2D eigenvalue weighted by Crippen LogP contribution is 2.31. The van der Waals surface area contributed by atoms with Crippen LogP contribution in [0.5, 0.6) is 0 Å². The third-order valence-corrected chi connectivity index (χ3v) is 5.54. The number of carbonyl (C=O) groups is 2. The van der Waals surface area contributed by atoms with Crippen LogP contribution in [0.1, 0.15) is 23.2 Å². The standard InChI is InChI=1S/C25H21N5O3/c31-23-14-19(9-12-33-23)29-25(32)17-6-4-16(5-7-17)22-13-18(8-11-27-22)20-15-28-30-24(20)21-3-1-2-10-26-21/h1-8,10-11,13,15,19H,9,12,14H2,(H,28,30)(H,29,32). The summed E-state index contributed by atoms with van der Waals surface area (Å²) in [6.07, 6.45) is 6.17. The van der Waals surface area contributed by atoms with Gasteiger partial charge in [-0.1, -0.05) is 18.2 Å². The Bertz CT molecular complexity index is 1280. The molecular formula is C25H21N5O3. The molecule has 0 aliphatic carbocycles. The second kappa shape index (κ2) is 9.04. The van der Waals surface area contributed by atoms with Gasteiger partial charge in [0.1, 0.15) is 5.69 Å². The maximum Gasteiger partial charge on any atom is 0.307 e. The molecule has 1 unspecified atom stereocenters. The number of cyclic esters (lactones) is 1. The summed E-state index contributed by atoms with van der Waals surface area (Å²) in [5.74, 6) is -0.488. The zero-order valence-electron chi connectivity index (χ0n) is 17.7. The van der Waals surface area contributed by atoms with Gasteiger partial charge in [-0.2, -0.15) is 5.10 Å². The van der Waals surface area contributed by atoms with Crippen molar-refractivity contribution in [3.8, 4) is 33.8 Å². The Morgan fingerprint density at radius 3 is 2.64 bits per heavy atom. The molecule has 0 radical (unpaired) electrons. The average molecular weight is 439 g/mol. The van der Waals surface area contributed by atoms with Crippen molar-refractivity contribution in [2.24, 2.45) is 0 Å². The number of H-pyrrole nitrogens is 1. The van der Waals surface area contributed by atoms with Crippen molar-refractivity contribution in [1.29, 1.82) is 0 Å². The van der Waals surface area contributed by atoms with Crippen molar-refractivity contribution in [3.05, 3.63) is 78.8 Å². The van der Waals surface area contributed by atoms with E-state index in [2.05, 4.69) is 25.5 Å². The number of aromatic amines is 1. The molecule has 8 heteroatoms. The molecule has 1 aliphatic rings. The fourth-order valence-corrected chi connectivity index (χ4v) is 3.83. The SMILES string of the molecule is O=C1CC(NC(=O)c2ccc(-c3cc(-c4c[nH]nc4-c4ccccn4)ccn3)cc2)CCO1. The molecular weight excluding hydrogens is 418 g/mol. The van der Waals surface area contributed by atoms with Gasteiger partial charge in [0, 0.05) is 47.7 Å². The van der Waals surface area contributed by atoms with Crippen molar-refractivity contribution < 1.29 is 14.3 Å². The van der Waals surface area contributed by atoms with Crippen molar-refractivity contribution in [1.82, 2.24) is 25.5 Å². The number of benzene rings is 1. The van der Waals surface area contributed by atoms with Crippen LogP contribution in [0.3, 0.4) is 0 Å². The van der Waals surface area contributed by atoms with Crippen LogP contribution >= 0.6 is 0 Å². The number of pyridine rings is 2. The lowest BCUT2D eigenvalue weighted by Crippen LogP contribution is -2.40. The van der Waals surface area contributed by atoms with E-state index < -0.39 is 0 Å². The molecule has 1 aliphatic heterocycles. The highest BCUT2D eigenvalue weighted by Gasteiger charge is 2.22. The molecule has 1 aromatic carbocycles. The molecule has 3 aromatic heterocycles. The molecule has 33 heavy (non-hydrogen) atoms. The van der Waals surface area contributed by atoms with Gasteiger partial charge in [0.25, 0.3) is 5.91 Å². The van der Waals surface area contributed by atoms with E-state index in [1.165, 1.54) is 0 Å². The minimum Gasteiger partial charge on any atom is -0.466 e. The summed E-state index contributed by atoms with van der Waals surface area (Å²) < 4.78 is 4.92. The minimum atomic E-state index is -0.281. The van der Waals surface area contributed by atoms with Gasteiger partial charge in [-0.15, -0.1) is 0 Å². The highest BCUT2D eigenvalue weighted by molar-refractivity contribution is 5.95. The van der Waals surface area contributed by atoms with E-state index in [9.17, 15) is 9.59 Å². The van der Waals surface area contributed by atoms with Crippen molar-refractivity contribution in [2.45, 2.75) is 18.9 Å². The molecule has 0 spiro atoms. The summed E-state index contributed by atoms with van der Waals surface area (Å²) in [5, 5.41) is 10.2. The third kappa shape index (κ3) is 4.50. The predicted molar refractivity (Wildman–Crippen MR) is 122 cm³/mol. The van der Waals surface area contributed by atoms with E-state index in [-0.39, 0.29) is 24.3 Å². The summed E-state index contributed by atoms with van der Waals surface area (Å²) >= 11 is 0. The Morgan fingerprint density at radius 2 is 1.85 bits per heavy atom. The minimum absolute atomic E-state index is 0.194. The molecule has 1 fully saturated rings. The lowest BCUT2D eigenvalue weighted by Gasteiger charge is -2.22. The van der Waals surface area contributed by atoms with Gasteiger partial charge in [0.15, 0.2) is 0 Å². The maximum absolute atomic E-state index is 12.6. The van der Waals surface area contributed by atoms with Gasteiger partial charge in [0.05, 0.1) is 24.4 Å². The topological polar surface area (TPSA) is 110 Å². The Labute approximate surface area is 190 Å². The summed E-state index contributed by atoms with van der Waals surface area (Å²) in [4.78, 5) is 32.9. The second-order valence-electron chi connectivity index (χ2n) is 7.75. The monoisotopic (exact) mass is 439 g/mol. The molecule has 4 aromatic rings. The van der Waals surface area contributed by atoms with E-state index in [4.69, 9.17) is 4.74 Å². The number of nitrogens with one attached hydrogen (secondary N) is 2. The Hall–Kier alpha value is -4.33. The fourth-order valence-electron chi connectivity index (χ4n) is 3.83. The van der Waals surface area contributed by atoms with Crippen LogP contribution < -0.4 is 5.32 Å². The molecule has 2 N–H and O–H groups in total. The number of aromatic nitrogens is 4. The smallest absolute Gasteiger partial charge is 0.307 e. The van der Waals surface area contributed by atoms with Crippen LogP contribution in [0.2, 0.25) is 0 Å². The number of nitrogens with zero attached hydrogens (tertiary/aromatic N) is 3. The number of amides is 1. The van der Waals surface area contributed by atoms with E-state index >= 15 is 0 Å². The lowest BCUT2D eigenvalue weighted by molar-refractivity contribution is -0.147. The van der Waals surface area contributed by atoms with E-state index in [1.807, 2.05) is 48.7 Å². The molecule has 1 amide bonds. The van der Waals surface area contributed by atoms with Gasteiger partial charge in [0.2, 0.25) is 0 Å². The molecule has 5 rings (SSSR count). The van der Waals surface area contributed by atoms with Gasteiger partial charge in [-0.05, 0) is 42.0 Å². The first-order valence-corrected chi connectivity index (χ1v) is 10.7. The largest absolute Gasteiger partial charge is 0.466 e. The van der Waals surface area contributed by atoms with Crippen LogP contribution in [-0.2, 0) is 9.53 Å². The van der Waals surface area contributed by atoms with E-state index in [1.54, 1.807) is 24.5 Å². The van der Waals surface area contributed by atoms with Crippen molar-refractivity contribution >= 4 is 11.9 Å². The zero-order chi connectivity index (χ0) is 22.6. The Kier molecular flexibility index (Phi) is 5.63. The van der Waals surface area contributed by atoms with E-state index in [0.29, 0.717) is 18.6 Å². The fraction of sp³-hybridized carbons (Fsp3) is 0.160. The molecule has 164 valence electrons. The number of ether oxygens (including phenoxy) is 1. The quantitative estimate of drug-likeness (QED) is 0.460. The predicted octanol–water partition coefficient (Wildman–Crippen LogP) is 3.64. The van der Waals surface area contributed by atoms with Crippen LogP contribution in [0.4, 0.5) is 0 Å². The normalized spacial score (nSPS) is 15.6. The first-order valence-electron chi connectivity index (χ1n) is 10.7. The van der Waals surface area contributed by atoms with Crippen LogP contribution in [0.25, 0.3) is 33.8 Å². The Morgan fingerprint density at radius 1 is 1.00 bits per heavy atom. The van der Waals surface area contributed by atoms with Crippen LogP contribution in [-0.4, -0.2) is 44.7 Å². The number of hydrogen-bond acceptors (Lipinski definition) is 6. The van der Waals surface area contributed by atoms with Gasteiger partial charge < -0.3 is 10.1 Å². The molecule has 0 saturated carbocycles. The second-order valence-corrected chi connectivity index (χ2v) is 7.75. The molecule has 8 nitrogen and oxygen atoms in total. The summed E-state index contributed by atoms with van der Waals surface area (Å²) in [5.41, 5.74) is 5.64. The first kappa shape index (κ1) is 20.6. The van der Waals surface area contributed by atoms with Gasteiger partial charge in [-0.3, -0.25) is 24.7 Å².